The smallest absolute Gasteiger partial charge is 0.293 e. The highest BCUT2D eigenvalue weighted by Crippen LogP contribution is 2.32. The molecular weight excluding hydrogens is 338 g/mol. The molecule has 2 aromatic rings. The Morgan fingerprint density at radius 3 is 2.62 bits per heavy atom. The minimum Gasteiger partial charge on any atom is -0.363 e. The highest BCUT2D eigenvalue weighted by Gasteiger charge is 2.43. The van der Waals surface area contributed by atoms with Crippen LogP contribution in [0.4, 0.5) is 5.69 Å². The van der Waals surface area contributed by atoms with Crippen molar-refractivity contribution in [3.05, 3.63) is 30.9 Å². The molecule has 2 fully saturated rings. The van der Waals surface area contributed by atoms with Gasteiger partial charge in [-0.3, -0.25) is 14.3 Å². The van der Waals surface area contributed by atoms with Crippen molar-refractivity contribution in [2.24, 2.45) is 7.05 Å². The molecule has 26 heavy (non-hydrogen) atoms. The molecule has 0 N–H and O–H groups in total. The molecule has 0 atom stereocenters. The summed E-state index contributed by atoms with van der Waals surface area (Å²) in [6.45, 7) is 1.52. The predicted octanol–water partition coefficient (Wildman–Crippen LogP) is -0.357. The fraction of sp³-hybridized carbons (Fsp3) is 0.500. The number of piperidine rings is 1. The first-order chi connectivity index (χ1) is 12.6. The van der Waals surface area contributed by atoms with E-state index in [9.17, 15) is 9.59 Å². The molecule has 2 aliphatic rings. The van der Waals surface area contributed by atoms with Gasteiger partial charge in [0.1, 0.15) is 19.3 Å². The lowest BCUT2D eigenvalue weighted by atomic mass is 9.89. The van der Waals surface area contributed by atoms with Crippen molar-refractivity contribution in [3.8, 4) is 0 Å². The maximum atomic E-state index is 12.5. The van der Waals surface area contributed by atoms with E-state index < -0.39 is 5.60 Å². The topological polar surface area (TPSA) is 106 Å². The zero-order valence-electron chi connectivity index (χ0n) is 14.4. The van der Waals surface area contributed by atoms with Crippen LogP contribution in [0.5, 0.6) is 0 Å². The van der Waals surface area contributed by atoms with E-state index in [0.717, 1.165) is 0 Å². The van der Waals surface area contributed by atoms with Crippen LogP contribution in [-0.4, -0.2) is 73.3 Å². The van der Waals surface area contributed by atoms with Gasteiger partial charge < -0.3 is 14.5 Å². The Balaban J connectivity index is 1.44. The Kier molecular flexibility index (Phi) is 4.11. The van der Waals surface area contributed by atoms with Gasteiger partial charge in [-0.15, -0.1) is 5.10 Å². The fourth-order valence-corrected chi connectivity index (χ4v) is 3.38. The molecule has 2 amide bonds. The van der Waals surface area contributed by atoms with Crippen molar-refractivity contribution >= 4 is 17.5 Å². The van der Waals surface area contributed by atoms with Gasteiger partial charge in [-0.1, -0.05) is 0 Å². The Hall–Kier alpha value is -2.88. The number of nitrogens with zero attached hydrogens (tertiary/aromatic N) is 7. The number of carbonyl (C=O) groups is 2. The number of morpholine rings is 1. The molecule has 0 unspecified atom stereocenters. The number of aromatic nitrogens is 5. The molecule has 10 heteroatoms. The fourth-order valence-electron chi connectivity index (χ4n) is 3.38. The molecule has 0 aromatic carbocycles. The molecule has 0 aliphatic carbocycles. The van der Waals surface area contributed by atoms with E-state index in [4.69, 9.17) is 4.74 Å². The maximum Gasteiger partial charge on any atom is 0.293 e. The minimum absolute atomic E-state index is 0.0185. The van der Waals surface area contributed by atoms with Gasteiger partial charge in [-0.05, 0) is 12.8 Å². The largest absolute Gasteiger partial charge is 0.363 e. The number of rotatable bonds is 2. The normalized spacial score (nSPS) is 19.8. The van der Waals surface area contributed by atoms with E-state index >= 15 is 0 Å². The Labute approximate surface area is 149 Å². The minimum atomic E-state index is -0.460. The zero-order chi connectivity index (χ0) is 18.1. The molecule has 0 bridgehead atoms. The summed E-state index contributed by atoms with van der Waals surface area (Å²) in [6, 6.07) is 0. The Bertz CT molecular complexity index is 814. The van der Waals surface area contributed by atoms with Crippen LogP contribution in [0.15, 0.2) is 25.0 Å². The third-order valence-electron chi connectivity index (χ3n) is 4.86. The number of carbonyl (C=O) groups excluding carboxylic acids is 2. The van der Waals surface area contributed by atoms with Crippen molar-refractivity contribution in [1.82, 2.24) is 29.6 Å². The molecule has 4 heterocycles. The zero-order valence-corrected chi connectivity index (χ0v) is 14.4. The van der Waals surface area contributed by atoms with Gasteiger partial charge >= 0.3 is 0 Å². The first kappa shape index (κ1) is 16.6. The summed E-state index contributed by atoms with van der Waals surface area (Å²) in [7, 11) is 1.73. The average molecular weight is 357 g/mol. The Morgan fingerprint density at radius 2 is 1.96 bits per heavy atom. The van der Waals surface area contributed by atoms with E-state index in [1.807, 2.05) is 0 Å². The van der Waals surface area contributed by atoms with Crippen LogP contribution in [0.3, 0.4) is 0 Å². The first-order valence-electron chi connectivity index (χ1n) is 8.41. The number of hydrogen-bond donors (Lipinski definition) is 0. The average Bonchev–Trinajstić information content (AvgIpc) is 3.11. The van der Waals surface area contributed by atoms with Crippen molar-refractivity contribution in [2.75, 3.05) is 31.1 Å². The molecule has 0 radical (unpaired) electrons. The highest BCUT2D eigenvalue weighted by atomic mass is 16.5. The van der Waals surface area contributed by atoms with Crippen LogP contribution in [0.2, 0.25) is 0 Å². The number of ether oxygens (including phenoxy) is 1. The lowest BCUT2D eigenvalue weighted by Crippen LogP contribution is -2.59. The van der Waals surface area contributed by atoms with Crippen LogP contribution in [0.1, 0.15) is 23.5 Å². The monoisotopic (exact) mass is 357 g/mol. The van der Waals surface area contributed by atoms with Crippen molar-refractivity contribution < 1.29 is 14.3 Å². The standard InChI is InChI=1S/C16H19N7O3/c1-21-11-19-14(20-21)15(25)22-4-2-16(3-5-22)9-23(13(24)8-26-16)12-6-17-10-18-7-12/h6-7,10-11H,2-5,8-9H2,1H3. The first-order valence-corrected chi connectivity index (χ1v) is 8.41. The summed E-state index contributed by atoms with van der Waals surface area (Å²) in [5, 5.41) is 4.07. The molecule has 1 spiro atoms. The number of aryl methyl sites for hydroxylation is 1. The van der Waals surface area contributed by atoms with E-state index in [1.54, 1.807) is 29.2 Å². The molecule has 2 saturated heterocycles. The second kappa shape index (κ2) is 6.45. The number of hydrogen-bond acceptors (Lipinski definition) is 7. The number of likely N-dealkylation sites (tertiary alicyclic amines) is 1. The van der Waals surface area contributed by atoms with E-state index in [1.165, 1.54) is 17.3 Å². The SMILES string of the molecule is Cn1cnc(C(=O)N2CCC3(CC2)CN(c2cncnc2)C(=O)CO3)n1. The second-order valence-corrected chi connectivity index (χ2v) is 6.58. The van der Waals surface area contributed by atoms with Gasteiger partial charge in [0.15, 0.2) is 0 Å². The summed E-state index contributed by atoms with van der Waals surface area (Å²) >= 11 is 0. The number of anilines is 1. The van der Waals surface area contributed by atoms with Crippen LogP contribution >= 0.6 is 0 Å². The summed E-state index contributed by atoms with van der Waals surface area (Å²) in [5.74, 6) is -0.0893. The lowest BCUT2D eigenvalue weighted by Gasteiger charge is -2.46. The van der Waals surface area contributed by atoms with Gasteiger partial charge in [0, 0.05) is 20.1 Å². The number of amides is 2. The second-order valence-electron chi connectivity index (χ2n) is 6.58. The highest BCUT2D eigenvalue weighted by molar-refractivity contribution is 5.95. The molecular formula is C16H19N7O3. The van der Waals surface area contributed by atoms with Gasteiger partial charge in [-0.2, -0.15) is 0 Å². The molecule has 10 nitrogen and oxygen atoms in total. The van der Waals surface area contributed by atoms with Crippen molar-refractivity contribution in [3.63, 3.8) is 0 Å². The van der Waals surface area contributed by atoms with Crippen LogP contribution < -0.4 is 4.90 Å². The maximum absolute atomic E-state index is 12.5. The third kappa shape index (κ3) is 3.03. The quantitative estimate of drug-likeness (QED) is 0.723. The van der Waals surface area contributed by atoms with Gasteiger partial charge in [0.25, 0.3) is 11.8 Å². The molecule has 4 rings (SSSR count). The molecule has 2 aromatic heterocycles. The van der Waals surface area contributed by atoms with E-state index in [-0.39, 0.29) is 24.2 Å². The lowest BCUT2D eigenvalue weighted by molar-refractivity contribution is -0.143. The van der Waals surface area contributed by atoms with Gasteiger partial charge in [0.05, 0.1) is 30.2 Å². The summed E-state index contributed by atoms with van der Waals surface area (Å²) < 4.78 is 7.41. The van der Waals surface area contributed by atoms with Crippen LogP contribution in [0.25, 0.3) is 0 Å². The van der Waals surface area contributed by atoms with Crippen molar-refractivity contribution in [1.29, 1.82) is 0 Å². The summed E-state index contributed by atoms with van der Waals surface area (Å²) in [5.41, 5.74) is 0.203. The van der Waals surface area contributed by atoms with E-state index in [2.05, 4.69) is 20.1 Å². The van der Waals surface area contributed by atoms with Crippen molar-refractivity contribution in [2.45, 2.75) is 18.4 Å². The molecule has 0 saturated carbocycles. The molecule has 2 aliphatic heterocycles. The van der Waals surface area contributed by atoms with Crippen LogP contribution in [0, 0.1) is 0 Å². The van der Waals surface area contributed by atoms with E-state index in [0.29, 0.717) is 38.2 Å². The third-order valence-corrected chi connectivity index (χ3v) is 4.86. The Morgan fingerprint density at radius 1 is 1.23 bits per heavy atom. The summed E-state index contributed by atoms with van der Waals surface area (Å²) in [4.78, 5) is 40.1. The summed E-state index contributed by atoms with van der Waals surface area (Å²) in [6.07, 6.45) is 7.46. The predicted molar refractivity (Wildman–Crippen MR) is 89.2 cm³/mol. The van der Waals surface area contributed by atoms with Gasteiger partial charge in [0.2, 0.25) is 5.82 Å². The van der Waals surface area contributed by atoms with Crippen LogP contribution in [-0.2, 0) is 16.6 Å². The van der Waals surface area contributed by atoms with Gasteiger partial charge in [-0.25, -0.2) is 15.0 Å². The molecule has 136 valence electrons.